The van der Waals surface area contributed by atoms with Crippen LogP contribution in [0.25, 0.3) is 12.3 Å². The standard InChI is InChI=1S/C18H13F3N6O/c19-18(20,21)12-2-3-13(23-8-12)9-27(22)17(28)10-1-4-15-14(5-10)16-11(6-24-15)7-25-26-16/h1-4,6-8H,5,9,22H2. The van der Waals surface area contributed by atoms with Crippen LogP contribution in [0.1, 0.15) is 16.8 Å². The van der Waals surface area contributed by atoms with Gasteiger partial charge in [0, 0.05) is 35.2 Å². The van der Waals surface area contributed by atoms with Gasteiger partial charge in [-0.15, -0.1) is 0 Å². The van der Waals surface area contributed by atoms with Crippen LogP contribution in [0.15, 0.2) is 46.4 Å². The number of amides is 1. The number of halogens is 3. The molecule has 2 aromatic heterocycles. The van der Waals surface area contributed by atoms with E-state index in [9.17, 15) is 18.0 Å². The van der Waals surface area contributed by atoms with Gasteiger partial charge in [0.25, 0.3) is 5.91 Å². The zero-order valence-electron chi connectivity index (χ0n) is 14.3. The topological polar surface area (TPSA) is 96.8 Å². The maximum atomic E-state index is 12.7. The van der Waals surface area contributed by atoms with E-state index in [1.54, 1.807) is 24.5 Å². The minimum absolute atomic E-state index is 0.125. The van der Waals surface area contributed by atoms with E-state index >= 15 is 0 Å². The number of nitrogens with zero attached hydrogens (tertiary/aromatic N) is 5. The molecule has 7 nitrogen and oxygen atoms in total. The number of rotatable bonds is 3. The van der Waals surface area contributed by atoms with E-state index in [1.807, 2.05) is 0 Å². The Kier molecular flexibility index (Phi) is 4.27. The molecule has 0 unspecified atom stereocenters. The van der Waals surface area contributed by atoms with E-state index in [-0.39, 0.29) is 18.7 Å². The fourth-order valence-electron chi connectivity index (χ4n) is 2.95. The van der Waals surface area contributed by atoms with Gasteiger partial charge in [-0.25, -0.2) is 5.84 Å². The van der Waals surface area contributed by atoms with Gasteiger partial charge in [-0.1, -0.05) is 6.08 Å². The minimum atomic E-state index is -4.47. The fraction of sp³-hybridized carbons (Fsp3) is 0.167. The van der Waals surface area contributed by atoms with Crippen molar-refractivity contribution in [2.45, 2.75) is 19.1 Å². The molecule has 0 fully saturated rings. The maximum Gasteiger partial charge on any atom is 0.417 e. The molecule has 2 N–H and O–H groups in total. The van der Waals surface area contributed by atoms with Crippen molar-refractivity contribution in [3.8, 4) is 0 Å². The third kappa shape index (κ3) is 3.29. The number of azo groups is 1. The molecule has 10 heteroatoms. The molecule has 0 radical (unpaired) electrons. The van der Waals surface area contributed by atoms with Gasteiger partial charge in [0.1, 0.15) is 5.69 Å². The van der Waals surface area contributed by atoms with Crippen molar-refractivity contribution in [1.29, 1.82) is 0 Å². The molecule has 2 aliphatic rings. The molecule has 0 spiro atoms. The second-order valence-electron chi connectivity index (χ2n) is 6.27. The Morgan fingerprint density at radius 2 is 2.00 bits per heavy atom. The van der Waals surface area contributed by atoms with Crippen molar-refractivity contribution in [1.82, 2.24) is 15.0 Å². The summed E-state index contributed by atoms with van der Waals surface area (Å²) in [7, 11) is 0. The van der Waals surface area contributed by atoms with Crippen molar-refractivity contribution in [3.05, 3.63) is 63.6 Å². The van der Waals surface area contributed by atoms with E-state index < -0.39 is 17.6 Å². The molecular formula is C18H13F3N6O. The van der Waals surface area contributed by atoms with Gasteiger partial charge in [-0.05, 0) is 18.2 Å². The Bertz CT molecular complexity index is 1140. The first kappa shape index (κ1) is 18.0. The molecule has 28 heavy (non-hydrogen) atoms. The Labute approximate surface area is 156 Å². The highest BCUT2D eigenvalue weighted by Crippen LogP contribution is 2.28. The number of aromatic nitrogens is 2. The number of pyridine rings is 2. The number of allylic oxidation sites excluding steroid dienone is 1. The average Bonchev–Trinajstić information content (AvgIpc) is 3.16. The van der Waals surface area contributed by atoms with Crippen molar-refractivity contribution >= 4 is 23.9 Å². The summed E-state index contributed by atoms with van der Waals surface area (Å²) in [6.07, 6.45) is 3.11. The number of fused-ring (bicyclic) bond motifs is 3. The minimum Gasteiger partial charge on any atom is -0.271 e. The van der Waals surface area contributed by atoms with Crippen LogP contribution in [0.3, 0.4) is 0 Å². The SMILES string of the molecule is NN(Cc1ccc(C(F)(F)F)cn1)C(=O)C1=CC=c2ncc3c(c2C1)N=NC=3. The Balaban J connectivity index is 1.51. The lowest BCUT2D eigenvalue weighted by Gasteiger charge is -2.20. The van der Waals surface area contributed by atoms with Gasteiger partial charge in [-0.3, -0.25) is 19.8 Å². The molecule has 0 aromatic carbocycles. The third-order valence-electron chi connectivity index (χ3n) is 4.40. The quantitative estimate of drug-likeness (QED) is 0.491. The number of hydrogen-bond donors (Lipinski definition) is 1. The highest BCUT2D eigenvalue weighted by Gasteiger charge is 2.30. The van der Waals surface area contributed by atoms with E-state index in [0.29, 0.717) is 22.8 Å². The van der Waals surface area contributed by atoms with Crippen LogP contribution in [0.4, 0.5) is 18.9 Å². The van der Waals surface area contributed by atoms with Gasteiger partial charge < -0.3 is 0 Å². The van der Waals surface area contributed by atoms with Crippen molar-refractivity contribution in [2.75, 3.05) is 0 Å². The summed E-state index contributed by atoms with van der Waals surface area (Å²) in [5.41, 5.74) is 1.25. The number of carbonyl (C=O) groups excluding carboxylic acids is 1. The highest BCUT2D eigenvalue weighted by molar-refractivity contribution is 5.95. The summed E-state index contributed by atoms with van der Waals surface area (Å²) in [5, 5.41) is 10.3. The fourth-order valence-corrected chi connectivity index (χ4v) is 2.95. The van der Waals surface area contributed by atoms with Gasteiger partial charge in [0.05, 0.1) is 29.4 Å². The van der Waals surface area contributed by atoms with Gasteiger partial charge >= 0.3 is 6.18 Å². The third-order valence-corrected chi connectivity index (χ3v) is 4.40. The van der Waals surface area contributed by atoms with E-state index in [0.717, 1.165) is 21.9 Å². The molecule has 2 aromatic rings. The Hall–Kier alpha value is -3.40. The van der Waals surface area contributed by atoms with Crippen molar-refractivity contribution in [3.63, 3.8) is 0 Å². The number of alkyl halides is 3. The molecule has 4 rings (SSSR count). The number of hydrazine groups is 1. The zero-order chi connectivity index (χ0) is 19.9. The van der Waals surface area contributed by atoms with Gasteiger partial charge in [0.2, 0.25) is 0 Å². The van der Waals surface area contributed by atoms with Crippen LogP contribution < -0.4 is 16.4 Å². The summed E-state index contributed by atoms with van der Waals surface area (Å²) in [5.74, 6) is 5.38. The molecule has 0 saturated carbocycles. The van der Waals surface area contributed by atoms with Crippen LogP contribution in [-0.4, -0.2) is 20.9 Å². The monoisotopic (exact) mass is 386 g/mol. The van der Waals surface area contributed by atoms with Gasteiger partial charge in [-0.2, -0.15) is 23.4 Å². The Morgan fingerprint density at radius 1 is 1.18 bits per heavy atom. The summed E-state index contributed by atoms with van der Waals surface area (Å²) in [4.78, 5) is 20.7. The number of nitrogens with two attached hydrogens (primary N) is 1. The second-order valence-corrected chi connectivity index (χ2v) is 6.27. The predicted molar refractivity (Wildman–Crippen MR) is 92.7 cm³/mol. The van der Waals surface area contributed by atoms with Crippen LogP contribution in [0, 0.1) is 0 Å². The van der Waals surface area contributed by atoms with Gasteiger partial charge in [0.15, 0.2) is 0 Å². The lowest BCUT2D eigenvalue weighted by atomic mass is 9.98. The van der Waals surface area contributed by atoms with Crippen LogP contribution >= 0.6 is 0 Å². The molecule has 1 amide bonds. The second kappa shape index (κ2) is 6.64. The normalized spacial score (nSPS) is 14.5. The van der Waals surface area contributed by atoms with Crippen LogP contribution in [-0.2, 0) is 23.9 Å². The lowest BCUT2D eigenvalue weighted by Crippen LogP contribution is -2.39. The lowest BCUT2D eigenvalue weighted by molar-refractivity contribution is -0.138. The summed E-state index contributed by atoms with van der Waals surface area (Å²) < 4.78 is 37.8. The molecule has 0 atom stereocenters. The molecule has 1 aliphatic heterocycles. The summed E-state index contributed by atoms with van der Waals surface area (Å²) in [6.45, 7) is -0.125. The number of carbonyl (C=O) groups is 1. The predicted octanol–water partition coefficient (Wildman–Crippen LogP) is 1.50. The molecule has 142 valence electrons. The van der Waals surface area contributed by atoms with Crippen LogP contribution in [0.5, 0.6) is 0 Å². The van der Waals surface area contributed by atoms with E-state index in [4.69, 9.17) is 5.84 Å². The molecule has 3 heterocycles. The Morgan fingerprint density at radius 3 is 2.71 bits per heavy atom. The van der Waals surface area contributed by atoms with Crippen molar-refractivity contribution in [2.24, 2.45) is 16.1 Å². The highest BCUT2D eigenvalue weighted by atomic mass is 19.4. The molecule has 0 saturated heterocycles. The molecular weight excluding hydrogens is 373 g/mol. The molecule has 1 aliphatic carbocycles. The van der Waals surface area contributed by atoms with E-state index in [1.165, 1.54) is 6.07 Å². The first-order chi connectivity index (χ1) is 13.3. The maximum absolute atomic E-state index is 12.7. The molecule has 0 bridgehead atoms. The summed E-state index contributed by atoms with van der Waals surface area (Å²) in [6, 6.07) is 2.10. The zero-order valence-corrected chi connectivity index (χ0v) is 14.3. The smallest absolute Gasteiger partial charge is 0.271 e. The first-order valence-corrected chi connectivity index (χ1v) is 8.21. The van der Waals surface area contributed by atoms with Crippen LogP contribution in [0.2, 0.25) is 0 Å². The summed E-state index contributed by atoms with van der Waals surface area (Å²) >= 11 is 0. The van der Waals surface area contributed by atoms with E-state index in [2.05, 4.69) is 20.2 Å². The average molecular weight is 386 g/mol. The largest absolute Gasteiger partial charge is 0.417 e. The first-order valence-electron chi connectivity index (χ1n) is 8.21. The van der Waals surface area contributed by atoms with Crippen molar-refractivity contribution < 1.29 is 18.0 Å². The number of hydrogen-bond acceptors (Lipinski definition) is 6.